The number of alkyl halides is 2. The van der Waals surface area contributed by atoms with E-state index in [9.17, 15) is 18.3 Å². The van der Waals surface area contributed by atoms with Crippen molar-refractivity contribution in [1.82, 2.24) is 25.2 Å². The molecule has 7 rings (SSSR count). The molecule has 2 aromatic carbocycles. The molecule has 5 heterocycles. The van der Waals surface area contributed by atoms with Crippen LogP contribution in [0, 0.1) is 47.7 Å². The number of piperazine rings is 1. The van der Waals surface area contributed by atoms with E-state index in [0.717, 1.165) is 18.9 Å². The Hall–Kier alpha value is -4.65. The highest BCUT2D eigenvalue weighted by Gasteiger charge is 2.44. The molecule has 0 radical (unpaired) electrons. The third-order valence-corrected chi connectivity index (χ3v) is 9.84. The minimum Gasteiger partial charge on any atom is -0.508 e. The van der Waals surface area contributed by atoms with Crippen LogP contribution >= 0.6 is 0 Å². The maximum absolute atomic E-state index is 17.1. The Kier molecular flexibility index (Phi) is 7.15. The summed E-state index contributed by atoms with van der Waals surface area (Å²) >= 11 is 0. The van der Waals surface area contributed by atoms with Gasteiger partial charge in [0, 0.05) is 58.1 Å². The van der Waals surface area contributed by atoms with Crippen LogP contribution in [0.1, 0.15) is 41.6 Å². The first-order chi connectivity index (χ1) is 24.2. The lowest BCUT2D eigenvalue weighted by atomic mass is 9.73. The minimum atomic E-state index is -2.75. The van der Waals surface area contributed by atoms with Crippen LogP contribution in [0.15, 0.2) is 24.3 Å². The Labute approximate surface area is 279 Å². The van der Waals surface area contributed by atoms with Crippen LogP contribution in [0.4, 0.5) is 23.4 Å². The van der Waals surface area contributed by atoms with Crippen molar-refractivity contribution in [3.8, 4) is 47.7 Å². The number of halogens is 4. The van der Waals surface area contributed by atoms with Crippen molar-refractivity contribution < 1.29 is 31.5 Å². The van der Waals surface area contributed by atoms with Crippen molar-refractivity contribution in [3.05, 3.63) is 47.2 Å². The number of terminal acetylenes is 2. The van der Waals surface area contributed by atoms with E-state index in [1.165, 1.54) is 30.0 Å². The molecule has 248 valence electrons. The van der Waals surface area contributed by atoms with E-state index in [-0.39, 0.29) is 88.0 Å². The van der Waals surface area contributed by atoms with Gasteiger partial charge < -0.3 is 25.0 Å². The number of piperidine rings is 1. The van der Waals surface area contributed by atoms with Crippen LogP contribution < -0.4 is 15.0 Å². The summed E-state index contributed by atoms with van der Waals surface area (Å²) in [5, 5.41) is 14.7. The highest BCUT2D eigenvalue weighted by atomic mass is 19.3. The maximum atomic E-state index is 17.1. The summed E-state index contributed by atoms with van der Waals surface area (Å²) in [7, 11) is 0. The Morgan fingerprint density at radius 3 is 2.56 bits per heavy atom. The smallest absolute Gasteiger partial charge is 0.319 e. The summed E-state index contributed by atoms with van der Waals surface area (Å²) in [4.78, 5) is 16.7. The average molecular weight is 662 g/mol. The highest BCUT2D eigenvalue weighted by Crippen LogP contribution is 2.42. The zero-order chi connectivity index (χ0) is 36.4. The molecule has 8 nitrogen and oxygen atoms in total. The van der Waals surface area contributed by atoms with Gasteiger partial charge in [-0.3, -0.25) is 0 Å². The highest BCUT2D eigenvalue weighted by molar-refractivity contribution is 6.04. The molecule has 12 heteroatoms. The Morgan fingerprint density at radius 2 is 1.88 bits per heavy atom. The summed E-state index contributed by atoms with van der Waals surface area (Å²) in [6.45, 7) is -0.608. The second kappa shape index (κ2) is 12.1. The zero-order valence-electron chi connectivity index (χ0n) is 29.0. The molecule has 3 aliphatic rings. The van der Waals surface area contributed by atoms with Gasteiger partial charge in [-0.05, 0) is 62.3 Å². The Bertz CT molecular complexity index is 2130. The number of pyridine rings is 1. The van der Waals surface area contributed by atoms with Gasteiger partial charge in [0.1, 0.15) is 34.3 Å². The van der Waals surface area contributed by atoms with E-state index in [2.05, 4.69) is 32.1 Å². The van der Waals surface area contributed by atoms with Crippen molar-refractivity contribution in [2.75, 3.05) is 44.7 Å². The number of rotatable bonds is 6. The van der Waals surface area contributed by atoms with Gasteiger partial charge >= 0.3 is 6.01 Å². The van der Waals surface area contributed by atoms with E-state index >= 15 is 4.39 Å². The van der Waals surface area contributed by atoms with Crippen molar-refractivity contribution >= 4 is 27.5 Å². The van der Waals surface area contributed by atoms with Gasteiger partial charge in [0.2, 0.25) is 6.43 Å². The number of ether oxygens (including phenoxy) is 1. The number of aromatic nitrogens is 3. The molecule has 0 saturated carbocycles. The molecule has 3 saturated heterocycles. The topological polar surface area (TPSA) is 86.6 Å². The molecule has 0 unspecified atom stereocenters. The lowest BCUT2D eigenvalue weighted by Crippen LogP contribution is -2.51. The summed E-state index contributed by atoms with van der Waals surface area (Å²) < 4.78 is 90.4. The molecule has 4 atom stereocenters. The third-order valence-electron chi connectivity index (χ3n) is 9.84. The van der Waals surface area contributed by atoms with Crippen LogP contribution in [0.3, 0.4) is 0 Å². The Balaban J connectivity index is 1.41. The molecule has 4 aromatic rings. The summed E-state index contributed by atoms with van der Waals surface area (Å²) in [6.07, 6.45) is 10.7. The molecule has 2 N–H and O–H groups in total. The van der Waals surface area contributed by atoms with E-state index < -0.39 is 43.0 Å². The van der Waals surface area contributed by atoms with Gasteiger partial charge in [0.25, 0.3) is 0 Å². The predicted molar refractivity (Wildman–Crippen MR) is 175 cm³/mol. The van der Waals surface area contributed by atoms with Crippen LogP contribution in [-0.4, -0.2) is 83.2 Å². The first-order valence-corrected chi connectivity index (χ1v) is 15.7. The Morgan fingerprint density at radius 1 is 1.10 bits per heavy atom. The van der Waals surface area contributed by atoms with Gasteiger partial charge in [0.05, 0.1) is 17.6 Å². The van der Waals surface area contributed by atoms with Crippen LogP contribution in [-0.2, 0) is 0 Å². The summed E-state index contributed by atoms with van der Waals surface area (Å²) in [5.41, 5.74) is -2.23. The van der Waals surface area contributed by atoms with Gasteiger partial charge in [-0.2, -0.15) is 9.97 Å². The van der Waals surface area contributed by atoms with Gasteiger partial charge in [-0.1, -0.05) is 18.9 Å². The lowest BCUT2D eigenvalue weighted by molar-refractivity contribution is -0.0679. The normalized spacial score (nSPS) is 25.5. The fourth-order valence-corrected chi connectivity index (χ4v) is 7.52. The zero-order valence-corrected chi connectivity index (χ0v) is 26.0. The first kappa shape index (κ1) is 28.4. The minimum absolute atomic E-state index is 0.0320. The summed E-state index contributed by atoms with van der Waals surface area (Å²) in [6, 6.07) is 5.02. The standard InChI is InChI=1S/C36H34F4N6O2/c1-5-23-26(37)10-7-19-13-22(47)14-24(28(19)23)31-30(38)32-29(27(6-2)42-31)34(46-15-20-8-9-21(16-46)41-20)44-35(43-32)48-18-36(3)17-45(4)12-11-25(36)33(39)40/h1-2,7,10,13-14,20-21,25,33,41,47H,8-9,11-12,15-18H2,3-4H3/t20-,21+,25-,36+/m1/s1/i4D3. The van der Waals surface area contributed by atoms with Crippen LogP contribution in [0.5, 0.6) is 11.8 Å². The quantitative estimate of drug-likeness (QED) is 0.212. The largest absolute Gasteiger partial charge is 0.508 e. The third kappa shape index (κ3) is 5.43. The molecule has 2 aromatic heterocycles. The van der Waals surface area contributed by atoms with Gasteiger partial charge in [-0.25, -0.2) is 22.5 Å². The number of benzene rings is 2. The molecular formula is C36H34F4N6O2. The van der Waals surface area contributed by atoms with Gasteiger partial charge in [-0.15, -0.1) is 12.8 Å². The van der Waals surface area contributed by atoms with E-state index in [0.29, 0.717) is 18.5 Å². The predicted octanol–water partition coefficient (Wildman–Crippen LogP) is 5.33. The number of likely N-dealkylation sites (tertiary alicyclic amines) is 1. The van der Waals surface area contributed by atoms with Crippen LogP contribution in [0.2, 0.25) is 0 Å². The second-order valence-electron chi connectivity index (χ2n) is 13.1. The SMILES string of the molecule is [2H]C([2H])([2H])N1CC[C@H](C(F)F)[C@](C)(COc2nc(N3C[C@H]4CC[C@@H](C3)N4)c3c(C#C)nc(-c4cc(O)cc5ccc(F)c(C#C)c45)c(F)c3n2)C1. The number of phenols is 1. The average Bonchev–Trinajstić information content (AvgIpc) is 3.43. The molecule has 0 amide bonds. The molecule has 0 aliphatic carbocycles. The molecule has 3 fully saturated rings. The first-order valence-electron chi connectivity index (χ1n) is 17.2. The van der Waals surface area contributed by atoms with Crippen molar-refractivity contribution in [1.29, 1.82) is 0 Å². The number of nitrogens with zero attached hydrogens (tertiary/aromatic N) is 5. The molecular weight excluding hydrogens is 624 g/mol. The fraction of sp³-hybridized carbons (Fsp3) is 0.417. The molecule has 48 heavy (non-hydrogen) atoms. The van der Waals surface area contributed by atoms with Crippen molar-refractivity contribution in [3.63, 3.8) is 0 Å². The number of anilines is 1. The number of nitrogens with one attached hydrogen (secondary N) is 1. The summed E-state index contributed by atoms with van der Waals surface area (Å²) in [5.74, 6) is 1.88. The van der Waals surface area contributed by atoms with Crippen molar-refractivity contribution in [2.24, 2.45) is 11.3 Å². The van der Waals surface area contributed by atoms with E-state index in [1.54, 1.807) is 0 Å². The van der Waals surface area contributed by atoms with Gasteiger partial charge in [0.15, 0.2) is 5.82 Å². The number of aromatic hydroxyl groups is 1. The number of hydrogen-bond donors (Lipinski definition) is 2. The van der Waals surface area contributed by atoms with Crippen molar-refractivity contribution in [2.45, 2.75) is 44.7 Å². The number of fused-ring (bicyclic) bond motifs is 4. The van der Waals surface area contributed by atoms with E-state index in [1.807, 2.05) is 4.90 Å². The molecule has 2 bridgehead atoms. The maximum Gasteiger partial charge on any atom is 0.319 e. The number of hydrogen-bond acceptors (Lipinski definition) is 8. The lowest BCUT2D eigenvalue weighted by Gasteiger charge is -2.44. The fourth-order valence-electron chi connectivity index (χ4n) is 7.52. The van der Waals surface area contributed by atoms with Crippen LogP contribution in [0.25, 0.3) is 32.9 Å². The monoisotopic (exact) mass is 661 g/mol. The molecule has 0 spiro atoms. The number of phenolic OH excluding ortho intramolecular Hbond substituents is 1. The molecule has 3 aliphatic heterocycles. The second-order valence-corrected chi connectivity index (χ2v) is 13.1. The van der Waals surface area contributed by atoms with E-state index in [4.69, 9.17) is 21.7 Å².